The molecular weight excluding hydrogens is 268 g/mol. The van der Waals surface area contributed by atoms with Crippen molar-refractivity contribution in [2.24, 2.45) is 0 Å². The fourth-order valence-electron chi connectivity index (χ4n) is 1.89. The molecule has 1 N–H and O–H groups in total. The van der Waals surface area contributed by atoms with E-state index in [4.69, 9.17) is 14.2 Å². The smallest absolute Gasteiger partial charge is 0.219 e. The maximum Gasteiger partial charge on any atom is 0.219 e. The molecule has 0 atom stereocenters. The Hall–Kier alpha value is -2.27. The Kier molecular flexibility index (Phi) is 5.40. The van der Waals surface area contributed by atoms with E-state index in [1.165, 1.54) is 0 Å². The van der Waals surface area contributed by atoms with Gasteiger partial charge in [0, 0.05) is 12.6 Å². The minimum atomic E-state index is 0.508. The van der Waals surface area contributed by atoms with Gasteiger partial charge in [0.2, 0.25) is 11.6 Å². The van der Waals surface area contributed by atoms with Gasteiger partial charge in [0.15, 0.2) is 11.5 Å². The molecule has 1 aromatic heterocycles. The van der Waals surface area contributed by atoms with E-state index < -0.39 is 0 Å². The van der Waals surface area contributed by atoms with Crippen LogP contribution in [0, 0.1) is 0 Å². The second kappa shape index (κ2) is 7.50. The molecule has 0 bridgehead atoms. The van der Waals surface area contributed by atoms with Crippen molar-refractivity contribution in [2.45, 2.75) is 13.5 Å². The lowest BCUT2D eigenvalue weighted by Gasteiger charge is -2.13. The fraction of sp³-hybridized carbons (Fsp3) is 0.312. The van der Waals surface area contributed by atoms with Gasteiger partial charge in [-0.3, -0.25) is 0 Å². The van der Waals surface area contributed by atoms with Crippen molar-refractivity contribution in [3.05, 3.63) is 42.1 Å². The number of benzene rings is 1. The summed E-state index contributed by atoms with van der Waals surface area (Å²) in [6.45, 7) is 3.66. The van der Waals surface area contributed by atoms with Gasteiger partial charge in [-0.15, -0.1) is 0 Å². The second-order valence-corrected chi connectivity index (χ2v) is 4.34. The maximum atomic E-state index is 5.85. The summed E-state index contributed by atoms with van der Waals surface area (Å²) in [6, 6.07) is 11.2. The van der Waals surface area contributed by atoms with Gasteiger partial charge >= 0.3 is 0 Å². The van der Waals surface area contributed by atoms with Crippen LogP contribution in [0.15, 0.2) is 36.4 Å². The third-order valence-electron chi connectivity index (χ3n) is 2.93. The highest BCUT2D eigenvalue weighted by Crippen LogP contribution is 2.39. The molecule has 0 fully saturated rings. The minimum absolute atomic E-state index is 0.508. The number of hydrogen-bond donors (Lipinski definition) is 1. The quantitative estimate of drug-likeness (QED) is 0.848. The average Bonchev–Trinajstić information content (AvgIpc) is 2.53. The molecule has 0 saturated carbocycles. The second-order valence-electron chi connectivity index (χ2n) is 4.34. The lowest BCUT2D eigenvalue weighted by molar-refractivity contribution is 0.341. The first-order valence-corrected chi connectivity index (χ1v) is 6.84. The van der Waals surface area contributed by atoms with Gasteiger partial charge in [-0.1, -0.05) is 19.1 Å². The number of nitrogens with zero attached hydrogens (tertiary/aromatic N) is 1. The lowest BCUT2D eigenvalue weighted by atomic mass is 10.3. The number of rotatable bonds is 7. The summed E-state index contributed by atoms with van der Waals surface area (Å²) in [7, 11) is 3.19. The normalized spacial score (nSPS) is 10.2. The largest absolute Gasteiger partial charge is 0.493 e. The number of aromatic nitrogens is 1. The molecule has 5 nitrogen and oxygen atoms in total. The molecule has 0 radical (unpaired) electrons. The average molecular weight is 288 g/mol. The number of pyridine rings is 1. The van der Waals surface area contributed by atoms with E-state index >= 15 is 0 Å². The van der Waals surface area contributed by atoms with Crippen LogP contribution >= 0.6 is 0 Å². The fourth-order valence-corrected chi connectivity index (χ4v) is 1.89. The Morgan fingerprint density at radius 2 is 1.67 bits per heavy atom. The van der Waals surface area contributed by atoms with Crippen LogP contribution in [-0.4, -0.2) is 25.7 Å². The molecule has 112 valence electrons. The molecule has 0 amide bonds. The molecule has 5 heteroatoms. The van der Waals surface area contributed by atoms with Gasteiger partial charge in [0.25, 0.3) is 0 Å². The molecule has 0 aliphatic rings. The molecular formula is C16H20N2O3. The van der Waals surface area contributed by atoms with Gasteiger partial charge in [-0.25, -0.2) is 4.98 Å². The SMILES string of the molecule is CCNCc1cccc(Oc2c(OC)cccc2OC)n1. The van der Waals surface area contributed by atoms with Crippen LogP contribution < -0.4 is 19.5 Å². The number of hydrogen-bond acceptors (Lipinski definition) is 5. The van der Waals surface area contributed by atoms with Crippen molar-refractivity contribution < 1.29 is 14.2 Å². The summed E-state index contributed by atoms with van der Waals surface area (Å²) in [5.74, 6) is 2.24. The highest BCUT2D eigenvalue weighted by atomic mass is 16.5. The minimum Gasteiger partial charge on any atom is -0.493 e. The zero-order valence-electron chi connectivity index (χ0n) is 12.6. The van der Waals surface area contributed by atoms with E-state index in [9.17, 15) is 0 Å². The Labute approximate surface area is 124 Å². The van der Waals surface area contributed by atoms with Crippen LogP contribution in [0.4, 0.5) is 0 Å². The number of ether oxygens (including phenoxy) is 3. The van der Waals surface area contributed by atoms with Gasteiger partial charge in [0.1, 0.15) is 0 Å². The summed E-state index contributed by atoms with van der Waals surface area (Å²) in [5.41, 5.74) is 0.920. The molecule has 0 unspecified atom stereocenters. The first-order valence-electron chi connectivity index (χ1n) is 6.84. The number of para-hydroxylation sites is 1. The van der Waals surface area contributed by atoms with Gasteiger partial charge < -0.3 is 19.5 Å². The maximum absolute atomic E-state index is 5.85. The van der Waals surface area contributed by atoms with E-state index in [0.29, 0.717) is 29.7 Å². The van der Waals surface area contributed by atoms with E-state index in [1.54, 1.807) is 20.3 Å². The molecule has 2 rings (SSSR count). The molecule has 1 aromatic carbocycles. The molecule has 21 heavy (non-hydrogen) atoms. The molecule has 1 heterocycles. The van der Waals surface area contributed by atoms with Crippen molar-refractivity contribution in [2.75, 3.05) is 20.8 Å². The first-order chi connectivity index (χ1) is 10.3. The highest BCUT2D eigenvalue weighted by molar-refractivity contribution is 5.52. The van der Waals surface area contributed by atoms with Crippen molar-refractivity contribution in [3.8, 4) is 23.1 Å². The summed E-state index contributed by atoms with van der Waals surface area (Å²) in [6.07, 6.45) is 0. The number of nitrogens with one attached hydrogen (secondary N) is 1. The summed E-state index contributed by atoms with van der Waals surface area (Å²) in [5, 5.41) is 3.23. The van der Waals surface area contributed by atoms with Crippen molar-refractivity contribution in [1.29, 1.82) is 0 Å². The number of methoxy groups -OCH3 is 2. The third-order valence-corrected chi connectivity index (χ3v) is 2.93. The Balaban J connectivity index is 2.25. The predicted octanol–water partition coefficient (Wildman–Crippen LogP) is 3.00. The van der Waals surface area contributed by atoms with Gasteiger partial charge in [0.05, 0.1) is 19.9 Å². The van der Waals surface area contributed by atoms with Crippen LogP contribution in [0.5, 0.6) is 23.1 Å². The van der Waals surface area contributed by atoms with Crippen molar-refractivity contribution >= 4 is 0 Å². The van der Waals surface area contributed by atoms with Crippen LogP contribution in [0.25, 0.3) is 0 Å². The van der Waals surface area contributed by atoms with Gasteiger partial charge in [-0.05, 0) is 24.7 Å². The topological polar surface area (TPSA) is 52.6 Å². The zero-order chi connectivity index (χ0) is 15.1. The first kappa shape index (κ1) is 15.1. The summed E-state index contributed by atoms with van der Waals surface area (Å²) < 4.78 is 16.5. The molecule has 2 aromatic rings. The van der Waals surface area contributed by atoms with E-state index in [0.717, 1.165) is 12.2 Å². The predicted molar refractivity (Wildman–Crippen MR) is 81.2 cm³/mol. The van der Waals surface area contributed by atoms with E-state index in [2.05, 4.69) is 17.2 Å². The molecule has 0 saturated heterocycles. The van der Waals surface area contributed by atoms with E-state index in [1.807, 2.05) is 30.3 Å². The Morgan fingerprint density at radius 1 is 1.00 bits per heavy atom. The standard InChI is InChI=1S/C16H20N2O3/c1-4-17-11-12-7-5-10-15(18-12)21-16-13(19-2)8-6-9-14(16)20-3/h5-10,17H,4,11H2,1-3H3. The third kappa shape index (κ3) is 3.86. The van der Waals surface area contributed by atoms with Crippen LogP contribution in [0.3, 0.4) is 0 Å². The van der Waals surface area contributed by atoms with Crippen molar-refractivity contribution in [3.63, 3.8) is 0 Å². The van der Waals surface area contributed by atoms with Crippen molar-refractivity contribution in [1.82, 2.24) is 10.3 Å². The van der Waals surface area contributed by atoms with Crippen LogP contribution in [0.1, 0.15) is 12.6 Å². The summed E-state index contributed by atoms with van der Waals surface area (Å²) in [4.78, 5) is 4.46. The van der Waals surface area contributed by atoms with E-state index in [-0.39, 0.29) is 0 Å². The molecule has 0 aliphatic heterocycles. The van der Waals surface area contributed by atoms with Crippen LogP contribution in [-0.2, 0) is 6.54 Å². The molecule has 0 aliphatic carbocycles. The summed E-state index contributed by atoms with van der Waals surface area (Å²) >= 11 is 0. The Bertz CT molecular complexity index is 565. The Morgan fingerprint density at radius 3 is 2.29 bits per heavy atom. The lowest BCUT2D eigenvalue weighted by Crippen LogP contribution is -2.12. The highest BCUT2D eigenvalue weighted by Gasteiger charge is 2.13. The van der Waals surface area contributed by atoms with Gasteiger partial charge in [-0.2, -0.15) is 0 Å². The molecule has 0 spiro atoms. The van der Waals surface area contributed by atoms with Crippen LogP contribution in [0.2, 0.25) is 0 Å². The zero-order valence-corrected chi connectivity index (χ0v) is 12.6. The monoisotopic (exact) mass is 288 g/mol.